The number of H-pyrrole nitrogens is 1. The van der Waals surface area contributed by atoms with Crippen molar-refractivity contribution in [3.05, 3.63) is 94.8 Å². The summed E-state index contributed by atoms with van der Waals surface area (Å²) in [5.41, 5.74) is 3.82. The Bertz CT molecular complexity index is 1280. The molecule has 0 saturated carbocycles. The van der Waals surface area contributed by atoms with Gasteiger partial charge in [0, 0.05) is 29.2 Å². The summed E-state index contributed by atoms with van der Waals surface area (Å²) in [6.45, 7) is 0.719. The predicted octanol–water partition coefficient (Wildman–Crippen LogP) is 4.86. The van der Waals surface area contributed by atoms with Gasteiger partial charge in [-0.05, 0) is 54.4 Å². The van der Waals surface area contributed by atoms with Crippen LogP contribution in [-0.4, -0.2) is 28.3 Å². The summed E-state index contributed by atoms with van der Waals surface area (Å²) in [4.78, 5) is 34.8. The monoisotopic (exact) mass is 444 g/mol. The minimum Gasteiger partial charge on any atom is -0.340 e. The third kappa shape index (κ3) is 3.97. The second kappa shape index (κ2) is 8.48. The van der Waals surface area contributed by atoms with Crippen molar-refractivity contribution in [2.45, 2.75) is 18.9 Å². The molecular weight excluding hydrogens is 424 g/mol. The lowest BCUT2D eigenvalue weighted by Gasteiger charge is -2.18. The largest absolute Gasteiger partial charge is 0.340 e. The van der Waals surface area contributed by atoms with Crippen molar-refractivity contribution in [1.29, 1.82) is 0 Å². The number of carbonyl (C=O) groups is 2. The maximum Gasteiger partial charge on any atom is 0.252 e. The lowest BCUT2D eigenvalue weighted by Crippen LogP contribution is -2.30. The van der Waals surface area contributed by atoms with Crippen LogP contribution in [0, 0.1) is 0 Å². The van der Waals surface area contributed by atoms with E-state index in [1.165, 1.54) is 0 Å². The quantitative estimate of drug-likeness (QED) is 0.461. The van der Waals surface area contributed by atoms with Crippen LogP contribution in [0.1, 0.15) is 40.6 Å². The van der Waals surface area contributed by atoms with Gasteiger partial charge in [-0.3, -0.25) is 9.59 Å². The van der Waals surface area contributed by atoms with Crippen molar-refractivity contribution < 1.29 is 9.59 Å². The Morgan fingerprint density at radius 1 is 1.06 bits per heavy atom. The Morgan fingerprint density at radius 2 is 1.84 bits per heavy atom. The summed E-state index contributed by atoms with van der Waals surface area (Å²) in [7, 11) is 0. The lowest BCUT2D eigenvalue weighted by atomic mass is 10.1. The van der Waals surface area contributed by atoms with E-state index in [0.717, 1.165) is 35.2 Å². The Kier molecular flexibility index (Phi) is 5.37. The molecule has 1 saturated heterocycles. The van der Waals surface area contributed by atoms with Crippen molar-refractivity contribution in [2.24, 2.45) is 0 Å². The highest BCUT2D eigenvalue weighted by molar-refractivity contribution is 6.31. The van der Waals surface area contributed by atoms with E-state index in [1.807, 2.05) is 54.6 Å². The number of halogens is 1. The zero-order valence-corrected chi connectivity index (χ0v) is 18.0. The molecule has 0 radical (unpaired) electrons. The van der Waals surface area contributed by atoms with E-state index in [-0.39, 0.29) is 11.8 Å². The molecule has 0 aliphatic carbocycles. The summed E-state index contributed by atoms with van der Waals surface area (Å²) < 4.78 is 0. The van der Waals surface area contributed by atoms with E-state index in [9.17, 15) is 9.59 Å². The molecule has 2 amide bonds. The minimum atomic E-state index is -0.463. The normalized spacial score (nSPS) is 14.7. The maximum atomic E-state index is 13.1. The Hall–Kier alpha value is -3.64. The van der Waals surface area contributed by atoms with Crippen molar-refractivity contribution >= 4 is 40.1 Å². The van der Waals surface area contributed by atoms with Crippen LogP contribution < -0.4 is 10.2 Å². The Morgan fingerprint density at radius 3 is 2.56 bits per heavy atom. The van der Waals surface area contributed by atoms with Crippen LogP contribution in [0.15, 0.2) is 72.8 Å². The van der Waals surface area contributed by atoms with Gasteiger partial charge in [-0.1, -0.05) is 41.9 Å². The van der Waals surface area contributed by atoms with Crippen molar-refractivity contribution in [3.63, 3.8) is 0 Å². The smallest absolute Gasteiger partial charge is 0.252 e. The number of rotatable bonds is 5. The average Bonchev–Trinajstić information content (AvgIpc) is 3.43. The zero-order valence-electron chi connectivity index (χ0n) is 17.2. The SMILES string of the molecule is O=C(NC(c1ccccc1)c1nc2ccc(Cl)cc2[nH]1)c1ccc(N2CCCC2=O)cc1. The first-order valence-corrected chi connectivity index (χ1v) is 10.9. The van der Waals surface area contributed by atoms with E-state index in [1.54, 1.807) is 23.1 Å². The molecule has 1 aliphatic rings. The number of fused-ring (bicyclic) bond motifs is 1. The van der Waals surface area contributed by atoms with Crippen molar-refractivity contribution in [1.82, 2.24) is 15.3 Å². The van der Waals surface area contributed by atoms with Gasteiger partial charge in [-0.2, -0.15) is 0 Å². The standard InChI is InChI=1S/C25H21ClN4O2/c26-18-10-13-20-21(15-18)28-24(27-20)23(16-5-2-1-3-6-16)29-25(32)17-8-11-19(12-9-17)30-14-4-7-22(30)31/h1-3,5-6,8-13,15,23H,4,7,14H2,(H,27,28)(H,29,32). The molecule has 160 valence electrons. The number of anilines is 1. The molecule has 1 atom stereocenters. The fourth-order valence-electron chi connectivity index (χ4n) is 4.02. The number of hydrogen-bond donors (Lipinski definition) is 2. The predicted molar refractivity (Wildman–Crippen MR) is 125 cm³/mol. The van der Waals surface area contributed by atoms with Crippen LogP contribution in [0.3, 0.4) is 0 Å². The first-order chi connectivity index (χ1) is 15.6. The molecule has 4 aromatic rings. The van der Waals surface area contributed by atoms with E-state index >= 15 is 0 Å². The van der Waals surface area contributed by atoms with Gasteiger partial charge in [0.15, 0.2) is 0 Å². The lowest BCUT2D eigenvalue weighted by molar-refractivity contribution is -0.117. The molecule has 0 bridgehead atoms. The number of amides is 2. The van der Waals surface area contributed by atoms with Gasteiger partial charge in [-0.25, -0.2) is 4.98 Å². The number of hydrogen-bond acceptors (Lipinski definition) is 3. The number of nitrogens with zero attached hydrogens (tertiary/aromatic N) is 2. The molecule has 0 spiro atoms. The van der Waals surface area contributed by atoms with Gasteiger partial charge in [0.1, 0.15) is 11.9 Å². The number of aromatic amines is 1. The molecule has 32 heavy (non-hydrogen) atoms. The zero-order chi connectivity index (χ0) is 22.1. The van der Waals surface area contributed by atoms with Gasteiger partial charge >= 0.3 is 0 Å². The van der Waals surface area contributed by atoms with Crippen molar-refractivity contribution in [3.8, 4) is 0 Å². The van der Waals surface area contributed by atoms with Crippen LogP contribution in [-0.2, 0) is 4.79 Å². The first kappa shape index (κ1) is 20.3. The maximum absolute atomic E-state index is 13.1. The number of imidazole rings is 1. The summed E-state index contributed by atoms with van der Waals surface area (Å²) >= 11 is 6.12. The van der Waals surface area contributed by atoms with Crippen molar-refractivity contribution in [2.75, 3.05) is 11.4 Å². The highest BCUT2D eigenvalue weighted by atomic mass is 35.5. The van der Waals surface area contributed by atoms with E-state index < -0.39 is 6.04 Å². The van der Waals surface area contributed by atoms with E-state index in [2.05, 4.69) is 15.3 Å². The molecule has 6 nitrogen and oxygen atoms in total. The molecule has 3 aromatic carbocycles. The van der Waals surface area contributed by atoms with Crippen LogP contribution in [0.2, 0.25) is 5.02 Å². The van der Waals surface area contributed by atoms with Crippen LogP contribution in [0.4, 0.5) is 5.69 Å². The fourth-order valence-corrected chi connectivity index (χ4v) is 4.19. The summed E-state index contributed by atoms with van der Waals surface area (Å²) in [5, 5.41) is 3.71. The highest BCUT2D eigenvalue weighted by Gasteiger charge is 2.23. The number of benzene rings is 3. The highest BCUT2D eigenvalue weighted by Crippen LogP contribution is 2.26. The Balaban J connectivity index is 1.43. The molecule has 2 heterocycles. The van der Waals surface area contributed by atoms with Gasteiger partial charge in [0.2, 0.25) is 5.91 Å². The molecule has 5 rings (SSSR count). The van der Waals surface area contributed by atoms with E-state index in [0.29, 0.717) is 22.8 Å². The molecule has 1 fully saturated rings. The second-order valence-corrected chi connectivity index (χ2v) is 8.23. The van der Waals surface area contributed by atoms with Gasteiger partial charge in [0.25, 0.3) is 5.91 Å². The molecule has 1 aromatic heterocycles. The second-order valence-electron chi connectivity index (χ2n) is 7.80. The first-order valence-electron chi connectivity index (χ1n) is 10.5. The van der Waals surface area contributed by atoms with Crippen LogP contribution in [0.5, 0.6) is 0 Å². The Labute approximate surface area is 190 Å². The number of carbonyl (C=O) groups excluding carboxylic acids is 2. The van der Waals surface area contributed by atoms with Crippen LogP contribution >= 0.6 is 11.6 Å². The third-order valence-electron chi connectivity index (χ3n) is 5.66. The fraction of sp³-hybridized carbons (Fsp3) is 0.160. The topological polar surface area (TPSA) is 78.1 Å². The van der Waals surface area contributed by atoms with Gasteiger partial charge < -0.3 is 15.2 Å². The molecular formula is C25H21ClN4O2. The number of aromatic nitrogens is 2. The average molecular weight is 445 g/mol. The molecule has 7 heteroatoms. The minimum absolute atomic E-state index is 0.122. The van der Waals surface area contributed by atoms with Crippen LogP contribution in [0.25, 0.3) is 11.0 Å². The summed E-state index contributed by atoms with van der Waals surface area (Å²) in [5.74, 6) is 0.522. The molecule has 1 aliphatic heterocycles. The number of nitrogens with one attached hydrogen (secondary N) is 2. The van der Waals surface area contributed by atoms with Gasteiger partial charge in [-0.15, -0.1) is 0 Å². The third-order valence-corrected chi connectivity index (χ3v) is 5.89. The van der Waals surface area contributed by atoms with Gasteiger partial charge in [0.05, 0.1) is 11.0 Å². The molecule has 2 N–H and O–H groups in total. The molecule has 1 unspecified atom stereocenters. The van der Waals surface area contributed by atoms with E-state index in [4.69, 9.17) is 11.6 Å². The summed E-state index contributed by atoms with van der Waals surface area (Å²) in [6, 6.07) is 21.8. The summed E-state index contributed by atoms with van der Waals surface area (Å²) in [6.07, 6.45) is 1.44.